The van der Waals surface area contributed by atoms with Gasteiger partial charge in [0.2, 0.25) is 11.8 Å². The van der Waals surface area contributed by atoms with Crippen molar-refractivity contribution < 1.29 is 14.3 Å². The number of amides is 2. The predicted octanol–water partition coefficient (Wildman–Crippen LogP) is 2.71. The molecule has 0 bridgehead atoms. The van der Waals surface area contributed by atoms with Gasteiger partial charge in [-0.2, -0.15) is 0 Å². The maximum absolute atomic E-state index is 13.0. The van der Waals surface area contributed by atoms with Gasteiger partial charge in [0.25, 0.3) is 0 Å². The molecule has 6 nitrogen and oxygen atoms in total. The number of hydrogen-bond donors (Lipinski definition) is 0. The average molecular weight is 393 g/mol. The van der Waals surface area contributed by atoms with Crippen molar-refractivity contribution in [3.63, 3.8) is 0 Å². The van der Waals surface area contributed by atoms with Gasteiger partial charge < -0.3 is 19.4 Å². The van der Waals surface area contributed by atoms with Crippen molar-refractivity contribution in [2.24, 2.45) is 5.92 Å². The molecule has 29 heavy (non-hydrogen) atoms. The Bertz CT molecular complexity index is 871. The van der Waals surface area contributed by atoms with Crippen molar-refractivity contribution in [1.82, 2.24) is 4.90 Å². The lowest BCUT2D eigenvalue weighted by atomic mass is 10.1. The van der Waals surface area contributed by atoms with Gasteiger partial charge in [-0.1, -0.05) is 17.7 Å². The third-order valence-electron chi connectivity index (χ3n) is 5.85. The Morgan fingerprint density at radius 3 is 2.17 bits per heavy atom. The molecule has 2 amide bonds. The number of carbonyl (C=O) groups excluding carboxylic acids is 2. The summed E-state index contributed by atoms with van der Waals surface area (Å²) in [6, 6.07) is 15.9. The number of methoxy groups -OCH3 is 1. The Morgan fingerprint density at radius 1 is 0.931 bits per heavy atom. The van der Waals surface area contributed by atoms with Crippen LogP contribution in [0.25, 0.3) is 0 Å². The van der Waals surface area contributed by atoms with Gasteiger partial charge in [-0.25, -0.2) is 0 Å². The molecule has 2 fully saturated rings. The Hall–Kier alpha value is -3.02. The smallest absolute Gasteiger partial charge is 0.228 e. The summed E-state index contributed by atoms with van der Waals surface area (Å²) >= 11 is 0. The number of rotatable bonds is 4. The van der Waals surface area contributed by atoms with Crippen molar-refractivity contribution in [1.29, 1.82) is 0 Å². The zero-order valence-corrected chi connectivity index (χ0v) is 17.0. The van der Waals surface area contributed by atoms with Gasteiger partial charge in [0.05, 0.1) is 13.0 Å². The fraction of sp³-hybridized carbons (Fsp3) is 0.391. The van der Waals surface area contributed by atoms with Crippen molar-refractivity contribution in [2.45, 2.75) is 13.3 Å². The number of carbonyl (C=O) groups is 2. The summed E-state index contributed by atoms with van der Waals surface area (Å²) in [5.41, 5.74) is 3.26. The number of ether oxygens (including phenoxy) is 1. The monoisotopic (exact) mass is 393 g/mol. The molecule has 0 radical (unpaired) electrons. The van der Waals surface area contributed by atoms with E-state index >= 15 is 0 Å². The second kappa shape index (κ2) is 8.15. The minimum atomic E-state index is -0.268. The SMILES string of the molecule is COc1ccc(N2CC(C(=O)N3CCN(c4ccc(C)cc4)CC3)CC2=O)cc1. The molecule has 2 aliphatic rings. The van der Waals surface area contributed by atoms with E-state index in [4.69, 9.17) is 4.74 Å². The largest absolute Gasteiger partial charge is 0.497 e. The van der Waals surface area contributed by atoms with Crippen LogP contribution in [0.3, 0.4) is 0 Å². The van der Waals surface area contributed by atoms with Crippen molar-refractivity contribution in [3.8, 4) is 5.75 Å². The number of piperazine rings is 1. The van der Waals surface area contributed by atoms with Gasteiger partial charge in [-0.3, -0.25) is 9.59 Å². The third-order valence-corrected chi connectivity index (χ3v) is 5.85. The Morgan fingerprint density at radius 2 is 1.55 bits per heavy atom. The van der Waals surface area contributed by atoms with E-state index < -0.39 is 0 Å². The molecule has 1 unspecified atom stereocenters. The van der Waals surface area contributed by atoms with Gasteiger partial charge in [0.15, 0.2) is 0 Å². The highest BCUT2D eigenvalue weighted by molar-refractivity contribution is 6.00. The molecule has 0 spiro atoms. The highest BCUT2D eigenvalue weighted by Crippen LogP contribution is 2.28. The lowest BCUT2D eigenvalue weighted by molar-refractivity contribution is -0.136. The maximum atomic E-state index is 13.0. The van der Waals surface area contributed by atoms with Crippen LogP contribution in [0, 0.1) is 12.8 Å². The molecule has 6 heteroatoms. The van der Waals surface area contributed by atoms with Crippen LogP contribution in [0.4, 0.5) is 11.4 Å². The fourth-order valence-corrected chi connectivity index (χ4v) is 4.08. The van der Waals surface area contributed by atoms with E-state index in [1.807, 2.05) is 29.2 Å². The van der Waals surface area contributed by atoms with Crippen LogP contribution < -0.4 is 14.5 Å². The molecule has 2 saturated heterocycles. The zero-order valence-electron chi connectivity index (χ0n) is 17.0. The summed E-state index contributed by atoms with van der Waals surface area (Å²) in [6.07, 6.45) is 0.281. The summed E-state index contributed by atoms with van der Waals surface area (Å²) in [6.45, 7) is 5.55. The first-order chi connectivity index (χ1) is 14.0. The standard InChI is InChI=1S/C23H27N3O3/c1-17-3-5-19(6-4-17)24-11-13-25(14-12-24)23(28)18-15-22(27)26(16-18)20-7-9-21(29-2)10-8-20/h3-10,18H,11-16H2,1-2H3. The molecule has 2 aliphatic heterocycles. The number of anilines is 2. The fourth-order valence-electron chi connectivity index (χ4n) is 4.08. The number of hydrogen-bond acceptors (Lipinski definition) is 4. The van der Waals surface area contributed by atoms with Crippen LogP contribution in [-0.2, 0) is 9.59 Å². The lowest BCUT2D eigenvalue weighted by Crippen LogP contribution is -2.50. The van der Waals surface area contributed by atoms with E-state index in [0.29, 0.717) is 19.6 Å². The van der Waals surface area contributed by atoms with Gasteiger partial charge in [-0.15, -0.1) is 0 Å². The number of aryl methyl sites for hydroxylation is 1. The molecule has 0 saturated carbocycles. The maximum Gasteiger partial charge on any atom is 0.228 e. The van der Waals surface area contributed by atoms with E-state index in [2.05, 4.69) is 36.1 Å². The van der Waals surface area contributed by atoms with Crippen LogP contribution >= 0.6 is 0 Å². The van der Waals surface area contributed by atoms with E-state index in [0.717, 1.165) is 24.5 Å². The molecule has 2 aromatic carbocycles. The lowest BCUT2D eigenvalue weighted by Gasteiger charge is -2.37. The zero-order chi connectivity index (χ0) is 20.4. The average Bonchev–Trinajstić information content (AvgIpc) is 3.15. The second-order valence-electron chi connectivity index (χ2n) is 7.75. The predicted molar refractivity (Wildman–Crippen MR) is 113 cm³/mol. The van der Waals surface area contributed by atoms with E-state index in [9.17, 15) is 9.59 Å². The highest BCUT2D eigenvalue weighted by atomic mass is 16.5. The molecule has 0 aromatic heterocycles. The van der Waals surface area contributed by atoms with Crippen LogP contribution in [0.1, 0.15) is 12.0 Å². The van der Waals surface area contributed by atoms with Crippen LogP contribution in [-0.4, -0.2) is 56.5 Å². The Balaban J connectivity index is 1.35. The molecule has 2 aromatic rings. The van der Waals surface area contributed by atoms with E-state index in [1.54, 1.807) is 12.0 Å². The van der Waals surface area contributed by atoms with Gasteiger partial charge >= 0.3 is 0 Å². The summed E-state index contributed by atoms with van der Waals surface area (Å²) in [4.78, 5) is 31.5. The minimum absolute atomic E-state index is 0.00630. The molecule has 0 N–H and O–H groups in total. The molecule has 0 aliphatic carbocycles. The molecular formula is C23H27N3O3. The summed E-state index contributed by atoms with van der Waals surface area (Å²) in [7, 11) is 1.61. The normalized spacial score (nSPS) is 19.6. The van der Waals surface area contributed by atoms with Crippen LogP contribution in [0.5, 0.6) is 5.75 Å². The van der Waals surface area contributed by atoms with Crippen molar-refractivity contribution in [3.05, 3.63) is 54.1 Å². The molecule has 2 heterocycles. The van der Waals surface area contributed by atoms with Crippen LogP contribution in [0.15, 0.2) is 48.5 Å². The van der Waals surface area contributed by atoms with Gasteiger partial charge in [0.1, 0.15) is 5.75 Å². The second-order valence-corrected chi connectivity index (χ2v) is 7.75. The van der Waals surface area contributed by atoms with Gasteiger partial charge in [0, 0.05) is 50.5 Å². The molecule has 4 rings (SSSR count). The Labute approximate surface area is 171 Å². The first-order valence-corrected chi connectivity index (χ1v) is 10.1. The third kappa shape index (κ3) is 4.06. The van der Waals surface area contributed by atoms with E-state index in [1.165, 1.54) is 11.3 Å². The highest BCUT2D eigenvalue weighted by Gasteiger charge is 2.37. The number of benzene rings is 2. The van der Waals surface area contributed by atoms with Gasteiger partial charge in [-0.05, 0) is 43.3 Å². The first kappa shape index (κ1) is 19.3. The number of nitrogens with zero attached hydrogens (tertiary/aromatic N) is 3. The Kier molecular flexibility index (Phi) is 5.43. The minimum Gasteiger partial charge on any atom is -0.497 e. The molecule has 1 atom stereocenters. The summed E-state index contributed by atoms with van der Waals surface area (Å²) < 4.78 is 5.18. The molecular weight excluding hydrogens is 366 g/mol. The van der Waals surface area contributed by atoms with Crippen molar-refractivity contribution in [2.75, 3.05) is 49.6 Å². The quantitative estimate of drug-likeness (QED) is 0.802. The van der Waals surface area contributed by atoms with Crippen LogP contribution in [0.2, 0.25) is 0 Å². The first-order valence-electron chi connectivity index (χ1n) is 10.1. The molecule has 152 valence electrons. The topological polar surface area (TPSA) is 53.1 Å². The van der Waals surface area contributed by atoms with Crippen molar-refractivity contribution >= 4 is 23.2 Å². The summed E-state index contributed by atoms with van der Waals surface area (Å²) in [5, 5.41) is 0. The summed E-state index contributed by atoms with van der Waals surface area (Å²) in [5.74, 6) is 0.583. The van der Waals surface area contributed by atoms with E-state index in [-0.39, 0.29) is 24.2 Å².